The molecule has 0 saturated carbocycles. The van der Waals surface area contributed by atoms with Crippen molar-refractivity contribution in [3.05, 3.63) is 109 Å². The van der Waals surface area contributed by atoms with Crippen LogP contribution in [0.5, 0.6) is 11.5 Å². The number of hydrogen-bond donors (Lipinski definition) is 2. The lowest BCUT2D eigenvalue weighted by molar-refractivity contribution is -0.137. The molecular weight excluding hydrogens is 587 g/mol. The Morgan fingerprint density at radius 3 is 2.27 bits per heavy atom. The number of phenols is 2. The van der Waals surface area contributed by atoms with Crippen LogP contribution in [0.25, 0.3) is 11.1 Å². The molecule has 12 heteroatoms. The van der Waals surface area contributed by atoms with Gasteiger partial charge in [-0.05, 0) is 55.5 Å². The number of nitrogens with zero attached hydrogens (tertiary/aromatic N) is 5. The lowest BCUT2D eigenvalue weighted by Crippen LogP contribution is -2.39. The number of fused-ring (bicyclic) bond motifs is 1. The lowest BCUT2D eigenvalue weighted by Gasteiger charge is -2.26. The van der Waals surface area contributed by atoms with Crippen LogP contribution >= 0.6 is 0 Å². The minimum atomic E-state index is -4.70. The van der Waals surface area contributed by atoms with Crippen molar-refractivity contribution in [1.82, 2.24) is 14.3 Å². The molecule has 0 fully saturated rings. The Bertz CT molecular complexity index is 1870. The van der Waals surface area contributed by atoms with E-state index in [4.69, 9.17) is 0 Å². The van der Waals surface area contributed by atoms with Gasteiger partial charge in [0.2, 0.25) is 11.8 Å². The van der Waals surface area contributed by atoms with Gasteiger partial charge in [0.1, 0.15) is 17.4 Å². The third-order valence-corrected chi connectivity index (χ3v) is 7.80. The zero-order valence-electron chi connectivity index (χ0n) is 24.0. The average molecular weight is 616 g/mol. The van der Waals surface area contributed by atoms with E-state index in [1.54, 1.807) is 48.1 Å². The number of aryl methyl sites for hydroxylation is 2. The minimum absolute atomic E-state index is 0.0312. The molecule has 3 aromatic carbocycles. The first-order chi connectivity index (χ1) is 21.6. The van der Waals surface area contributed by atoms with Crippen LogP contribution in [0.3, 0.4) is 0 Å². The van der Waals surface area contributed by atoms with Gasteiger partial charge in [-0.15, -0.1) is 0 Å². The molecule has 6 rings (SSSR count). The Labute approximate surface area is 256 Å². The molecule has 0 spiro atoms. The Morgan fingerprint density at radius 2 is 1.58 bits per heavy atom. The van der Waals surface area contributed by atoms with Crippen molar-refractivity contribution < 1.29 is 33.0 Å². The number of carbonyl (C=O) groups excluding carboxylic acids is 2. The summed E-state index contributed by atoms with van der Waals surface area (Å²) in [6.07, 6.45) is 2.35. The van der Waals surface area contributed by atoms with Gasteiger partial charge in [0.25, 0.3) is 0 Å². The molecule has 0 saturated heterocycles. The van der Waals surface area contributed by atoms with Crippen LogP contribution in [-0.4, -0.2) is 42.9 Å². The maximum absolute atomic E-state index is 14.4. The van der Waals surface area contributed by atoms with Crippen LogP contribution < -0.4 is 9.80 Å². The number of anilines is 3. The van der Waals surface area contributed by atoms with Crippen LogP contribution in [-0.2, 0) is 28.9 Å². The van der Waals surface area contributed by atoms with Gasteiger partial charge in [-0.1, -0.05) is 18.2 Å². The number of amides is 2. The Kier molecular flexibility index (Phi) is 7.57. The standard InChI is InChI=1S/C33H28F3N5O4/c1-2-40-26-11-10-22(33(34,35)36)16-27(26)41(23-8-4-3-5-9-23)32(45)30(31(40)44)25-17-24(28(42)18-29(25)43)21-19-37-39(20-21)15-14-38-12-6-7-13-38/h3-13,16-20,30,42-43H,2,14-15H2,1H3. The van der Waals surface area contributed by atoms with Gasteiger partial charge in [0, 0.05) is 60.1 Å². The zero-order chi connectivity index (χ0) is 31.9. The Hall–Kier alpha value is -5.52. The normalized spacial score (nSPS) is 15.3. The molecule has 1 unspecified atom stereocenters. The highest BCUT2D eigenvalue weighted by molar-refractivity contribution is 6.23. The van der Waals surface area contributed by atoms with Crippen molar-refractivity contribution >= 4 is 28.9 Å². The van der Waals surface area contributed by atoms with Crippen LogP contribution in [0, 0.1) is 0 Å². The predicted molar refractivity (Wildman–Crippen MR) is 161 cm³/mol. The summed E-state index contributed by atoms with van der Waals surface area (Å²) in [5.74, 6) is -4.09. The maximum atomic E-state index is 14.4. The smallest absolute Gasteiger partial charge is 0.416 e. The number of benzene rings is 3. The molecular formula is C33H28F3N5O4. The number of rotatable bonds is 7. The van der Waals surface area contributed by atoms with Crippen LogP contribution in [0.2, 0.25) is 0 Å². The Balaban J connectivity index is 1.47. The quantitative estimate of drug-likeness (QED) is 0.209. The van der Waals surface area contributed by atoms with Crippen molar-refractivity contribution in [1.29, 1.82) is 0 Å². The zero-order valence-corrected chi connectivity index (χ0v) is 24.0. The monoisotopic (exact) mass is 615 g/mol. The van der Waals surface area contributed by atoms with Crippen LogP contribution in [0.15, 0.2) is 97.6 Å². The summed E-state index contributed by atoms with van der Waals surface area (Å²) in [5, 5.41) is 26.2. The molecule has 3 heterocycles. The summed E-state index contributed by atoms with van der Waals surface area (Å²) in [6, 6.07) is 17.2. The number of hydrogen-bond acceptors (Lipinski definition) is 5. The fraction of sp³-hybridized carbons (Fsp3) is 0.182. The summed E-state index contributed by atoms with van der Waals surface area (Å²) in [5.41, 5.74) is -0.187. The second-order valence-electron chi connectivity index (χ2n) is 10.6. The van der Waals surface area contributed by atoms with Gasteiger partial charge in [-0.3, -0.25) is 19.2 Å². The van der Waals surface area contributed by atoms with E-state index < -0.39 is 35.2 Å². The molecule has 0 radical (unpaired) electrons. The minimum Gasteiger partial charge on any atom is -0.507 e. The first-order valence-corrected chi connectivity index (χ1v) is 14.2. The summed E-state index contributed by atoms with van der Waals surface area (Å²) < 4.78 is 45.2. The molecule has 1 atom stereocenters. The average Bonchev–Trinajstić information content (AvgIpc) is 3.69. The second-order valence-corrected chi connectivity index (χ2v) is 10.6. The van der Waals surface area contributed by atoms with Gasteiger partial charge in [0.05, 0.1) is 29.7 Å². The molecule has 2 N–H and O–H groups in total. The van der Waals surface area contributed by atoms with E-state index in [9.17, 15) is 33.0 Å². The number of halogens is 3. The molecule has 0 aliphatic carbocycles. The lowest BCUT2D eigenvalue weighted by atomic mass is 9.91. The second kappa shape index (κ2) is 11.5. The van der Waals surface area contributed by atoms with E-state index in [2.05, 4.69) is 5.10 Å². The fourth-order valence-corrected chi connectivity index (χ4v) is 5.59. The highest BCUT2D eigenvalue weighted by Crippen LogP contribution is 2.46. The van der Waals surface area contributed by atoms with Gasteiger partial charge >= 0.3 is 6.18 Å². The number of para-hydroxylation sites is 1. The van der Waals surface area contributed by atoms with Crippen LogP contribution in [0.4, 0.5) is 30.2 Å². The van der Waals surface area contributed by atoms with Gasteiger partial charge in [-0.2, -0.15) is 18.3 Å². The highest BCUT2D eigenvalue weighted by atomic mass is 19.4. The first kappa shape index (κ1) is 29.5. The van der Waals surface area contributed by atoms with Gasteiger partial charge < -0.3 is 19.7 Å². The van der Waals surface area contributed by atoms with Crippen molar-refractivity contribution in [2.75, 3.05) is 16.3 Å². The third kappa shape index (κ3) is 5.50. The van der Waals surface area contributed by atoms with E-state index in [1.165, 1.54) is 23.2 Å². The molecule has 1 aliphatic rings. The molecule has 5 aromatic rings. The van der Waals surface area contributed by atoms with Gasteiger partial charge in [0.15, 0.2) is 0 Å². The first-order valence-electron chi connectivity index (χ1n) is 14.2. The number of aromatic nitrogens is 3. The number of aromatic hydroxyl groups is 2. The van der Waals surface area contributed by atoms with E-state index in [-0.39, 0.29) is 40.5 Å². The molecule has 230 valence electrons. The van der Waals surface area contributed by atoms with Crippen LogP contribution in [0.1, 0.15) is 24.0 Å². The summed E-state index contributed by atoms with van der Waals surface area (Å²) >= 11 is 0. The predicted octanol–water partition coefficient (Wildman–Crippen LogP) is 6.30. The molecule has 9 nitrogen and oxygen atoms in total. The summed E-state index contributed by atoms with van der Waals surface area (Å²) in [7, 11) is 0. The third-order valence-electron chi connectivity index (χ3n) is 7.80. The van der Waals surface area contributed by atoms with Gasteiger partial charge in [-0.25, -0.2) is 0 Å². The van der Waals surface area contributed by atoms with Crippen molar-refractivity contribution in [3.8, 4) is 22.6 Å². The fourth-order valence-electron chi connectivity index (χ4n) is 5.59. The van der Waals surface area contributed by atoms with Crippen molar-refractivity contribution in [3.63, 3.8) is 0 Å². The van der Waals surface area contributed by atoms with Crippen molar-refractivity contribution in [2.45, 2.75) is 32.1 Å². The van der Waals surface area contributed by atoms with E-state index in [0.29, 0.717) is 18.7 Å². The molecule has 2 aromatic heterocycles. The molecule has 45 heavy (non-hydrogen) atoms. The molecule has 2 amide bonds. The highest BCUT2D eigenvalue weighted by Gasteiger charge is 2.44. The summed E-state index contributed by atoms with van der Waals surface area (Å²) in [4.78, 5) is 30.9. The van der Waals surface area contributed by atoms with Crippen molar-refractivity contribution in [2.24, 2.45) is 0 Å². The Morgan fingerprint density at radius 1 is 0.844 bits per heavy atom. The number of carbonyl (C=O) groups is 2. The molecule has 0 bridgehead atoms. The number of likely N-dealkylation sites (N-methyl/N-ethyl adjacent to an activating group) is 1. The largest absolute Gasteiger partial charge is 0.507 e. The number of phenolic OH excluding ortho intramolecular Hbond substituents is 2. The topological polar surface area (TPSA) is 104 Å². The maximum Gasteiger partial charge on any atom is 0.416 e. The number of alkyl halides is 3. The van der Waals surface area contributed by atoms with E-state index in [0.717, 1.165) is 23.1 Å². The molecule has 1 aliphatic heterocycles. The van der Waals surface area contributed by atoms with E-state index in [1.807, 2.05) is 29.1 Å². The van der Waals surface area contributed by atoms with E-state index >= 15 is 0 Å². The SMILES string of the molecule is CCN1C(=O)C(c2cc(-c3cnn(CCn4cccc4)c3)c(O)cc2O)C(=O)N(c2ccccc2)c2cc(C(F)(F)F)ccc21. The summed E-state index contributed by atoms with van der Waals surface area (Å²) in [6.45, 7) is 2.84.